The van der Waals surface area contributed by atoms with Gasteiger partial charge < -0.3 is 0 Å². The Morgan fingerprint density at radius 2 is 1.64 bits per heavy atom. The molecule has 0 radical (unpaired) electrons. The Labute approximate surface area is 172 Å². The predicted molar refractivity (Wildman–Crippen MR) is 119 cm³/mol. The number of unbranched alkanes of at least 4 members (excludes halogenated alkanes) is 3. The largest absolute Gasteiger partial charge is 0.248 e. The first-order valence-electron chi connectivity index (χ1n) is 11.4. The van der Waals surface area contributed by atoms with Crippen LogP contribution in [0.25, 0.3) is 0 Å². The average molecular weight is 374 g/mol. The summed E-state index contributed by atoms with van der Waals surface area (Å²) in [7, 11) is 0. The summed E-state index contributed by atoms with van der Waals surface area (Å²) in [5.41, 5.74) is 4.68. The lowest BCUT2D eigenvalue weighted by Crippen LogP contribution is -2.13. The normalized spacial score (nSPS) is 19.1. The van der Waals surface area contributed by atoms with E-state index in [1.807, 2.05) is 12.3 Å². The van der Waals surface area contributed by atoms with Crippen LogP contribution in [0, 0.1) is 17.8 Å². The fraction of sp³-hybridized carbons (Fsp3) is 0.519. The first-order valence-corrected chi connectivity index (χ1v) is 11.4. The monoisotopic (exact) mass is 373 g/mol. The quantitative estimate of drug-likeness (QED) is 0.367. The van der Waals surface area contributed by atoms with E-state index in [-0.39, 0.29) is 0 Å². The van der Waals surface area contributed by atoms with Crippen LogP contribution >= 0.6 is 0 Å². The molecule has 1 aliphatic rings. The van der Waals surface area contributed by atoms with Crippen molar-refractivity contribution in [1.82, 2.24) is 4.98 Å². The molecule has 1 aromatic carbocycles. The molecule has 0 N–H and O–H groups in total. The van der Waals surface area contributed by atoms with Crippen molar-refractivity contribution >= 4 is 0 Å². The van der Waals surface area contributed by atoms with Crippen LogP contribution < -0.4 is 0 Å². The van der Waals surface area contributed by atoms with Gasteiger partial charge in [-0.2, -0.15) is 0 Å². The number of nitrogens with zero attached hydrogens (tertiary/aromatic N) is 1. The SMILES string of the molecule is CCCCCC[C@H]1CC[C@H](c2ccc(C#Cc3ccc(CC)cn3)cc2)CC1. The zero-order chi connectivity index (χ0) is 19.6. The summed E-state index contributed by atoms with van der Waals surface area (Å²) < 4.78 is 0. The van der Waals surface area contributed by atoms with E-state index in [9.17, 15) is 0 Å². The molecular weight excluding hydrogens is 338 g/mol. The summed E-state index contributed by atoms with van der Waals surface area (Å²) in [6, 6.07) is 13.1. The van der Waals surface area contributed by atoms with Crippen molar-refractivity contribution in [3.05, 3.63) is 65.0 Å². The van der Waals surface area contributed by atoms with E-state index in [2.05, 4.69) is 61.0 Å². The minimum atomic E-state index is 0.747. The first kappa shape index (κ1) is 20.7. The van der Waals surface area contributed by atoms with Gasteiger partial charge in [0.05, 0.1) is 0 Å². The Kier molecular flexibility index (Phi) is 8.16. The fourth-order valence-electron chi connectivity index (χ4n) is 4.33. The van der Waals surface area contributed by atoms with E-state index in [0.717, 1.165) is 29.5 Å². The van der Waals surface area contributed by atoms with Gasteiger partial charge in [-0.15, -0.1) is 0 Å². The predicted octanol–water partition coefficient (Wildman–Crippen LogP) is 7.29. The van der Waals surface area contributed by atoms with Gasteiger partial charge in [-0.1, -0.05) is 70.1 Å². The van der Waals surface area contributed by atoms with Crippen LogP contribution in [0.3, 0.4) is 0 Å². The van der Waals surface area contributed by atoms with Crippen molar-refractivity contribution in [2.75, 3.05) is 0 Å². The molecular formula is C27H35N. The smallest absolute Gasteiger partial charge is 0.113 e. The summed E-state index contributed by atoms with van der Waals surface area (Å²) in [4.78, 5) is 4.42. The maximum absolute atomic E-state index is 4.42. The van der Waals surface area contributed by atoms with E-state index in [0.29, 0.717) is 0 Å². The number of hydrogen-bond donors (Lipinski definition) is 0. The van der Waals surface area contributed by atoms with E-state index >= 15 is 0 Å². The zero-order valence-corrected chi connectivity index (χ0v) is 17.7. The maximum atomic E-state index is 4.42. The first-order chi connectivity index (χ1) is 13.8. The highest BCUT2D eigenvalue weighted by molar-refractivity contribution is 5.41. The highest BCUT2D eigenvalue weighted by Gasteiger charge is 2.21. The topological polar surface area (TPSA) is 12.9 Å². The van der Waals surface area contributed by atoms with Gasteiger partial charge in [0.15, 0.2) is 0 Å². The Hall–Kier alpha value is -2.07. The highest BCUT2D eigenvalue weighted by atomic mass is 14.7. The molecule has 2 aromatic rings. The van der Waals surface area contributed by atoms with Gasteiger partial charge in [0.2, 0.25) is 0 Å². The zero-order valence-electron chi connectivity index (χ0n) is 17.7. The molecule has 0 spiro atoms. The van der Waals surface area contributed by atoms with Crippen molar-refractivity contribution in [2.45, 2.75) is 84.0 Å². The number of aromatic nitrogens is 1. The maximum Gasteiger partial charge on any atom is 0.113 e. The molecule has 1 heteroatoms. The third-order valence-corrected chi connectivity index (χ3v) is 6.26. The number of benzene rings is 1. The summed E-state index contributed by atoms with van der Waals surface area (Å²) in [6.07, 6.45) is 15.6. The molecule has 1 aliphatic carbocycles. The molecule has 1 nitrogen and oxygen atoms in total. The molecule has 3 rings (SSSR count). The van der Waals surface area contributed by atoms with Gasteiger partial charge in [0.1, 0.15) is 5.69 Å². The molecule has 0 bridgehead atoms. The molecule has 0 saturated heterocycles. The van der Waals surface area contributed by atoms with Crippen molar-refractivity contribution < 1.29 is 0 Å². The second-order valence-electron chi connectivity index (χ2n) is 8.34. The van der Waals surface area contributed by atoms with Crippen LogP contribution in [-0.2, 0) is 6.42 Å². The van der Waals surface area contributed by atoms with Crippen LogP contribution in [0.5, 0.6) is 0 Å². The highest BCUT2D eigenvalue weighted by Crippen LogP contribution is 2.37. The second-order valence-corrected chi connectivity index (χ2v) is 8.34. The lowest BCUT2D eigenvalue weighted by atomic mass is 9.77. The molecule has 0 unspecified atom stereocenters. The minimum Gasteiger partial charge on any atom is -0.248 e. The number of pyridine rings is 1. The molecule has 1 aromatic heterocycles. The van der Waals surface area contributed by atoms with Gasteiger partial charge in [-0.25, -0.2) is 4.98 Å². The summed E-state index contributed by atoms with van der Waals surface area (Å²) in [5, 5.41) is 0. The standard InChI is InChI=1S/C27H35N/c1-3-5-6-7-8-23-9-15-25(16-10-23)26-17-11-24(12-18-26)14-20-27-19-13-22(4-2)21-28-27/h11-13,17-19,21,23,25H,3-10,15-16H2,1-2H3/t23-,25-. The lowest BCUT2D eigenvalue weighted by molar-refractivity contribution is 0.302. The van der Waals surface area contributed by atoms with Crippen molar-refractivity contribution in [3.63, 3.8) is 0 Å². The molecule has 1 fully saturated rings. The third kappa shape index (κ3) is 6.23. The Bertz CT molecular complexity index is 753. The van der Waals surface area contributed by atoms with E-state index in [4.69, 9.17) is 0 Å². The van der Waals surface area contributed by atoms with Gasteiger partial charge >= 0.3 is 0 Å². The van der Waals surface area contributed by atoms with Crippen LogP contribution in [0.15, 0.2) is 42.6 Å². The summed E-state index contributed by atoms with van der Waals surface area (Å²) in [5.74, 6) is 8.17. The van der Waals surface area contributed by atoms with Crippen LogP contribution in [-0.4, -0.2) is 4.98 Å². The van der Waals surface area contributed by atoms with Gasteiger partial charge in [0, 0.05) is 11.8 Å². The molecule has 28 heavy (non-hydrogen) atoms. The van der Waals surface area contributed by atoms with Crippen molar-refractivity contribution in [3.8, 4) is 11.8 Å². The van der Waals surface area contributed by atoms with Gasteiger partial charge in [0.25, 0.3) is 0 Å². The third-order valence-electron chi connectivity index (χ3n) is 6.26. The van der Waals surface area contributed by atoms with Crippen LogP contribution in [0.2, 0.25) is 0 Å². The molecule has 0 aliphatic heterocycles. The Balaban J connectivity index is 1.49. The van der Waals surface area contributed by atoms with Gasteiger partial charge in [-0.05, 0) is 79.2 Å². The molecule has 0 atom stereocenters. The molecule has 1 heterocycles. The molecule has 1 saturated carbocycles. The minimum absolute atomic E-state index is 0.747. The fourth-order valence-corrected chi connectivity index (χ4v) is 4.33. The van der Waals surface area contributed by atoms with Crippen molar-refractivity contribution in [1.29, 1.82) is 0 Å². The molecule has 148 valence electrons. The van der Waals surface area contributed by atoms with E-state index in [1.165, 1.54) is 68.9 Å². The number of rotatable bonds is 7. The number of hydrogen-bond acceptors (Lipinski definition) is 1. The Morgan fingerprint density at radius 3 is 2.29 bits per heavy atom. The molecule has 0 amide bonds. The van der Waals surface area contributed by atoms with E-state index in [1.54, 1.807) is 0 Å². The summed E-state index contributed by atoms with van der Waals surface area (Å²) >= 11 is 0. The second kappa shape index (κ2) is 11.1. The average Bonchev–Trinajstić information content (AvgIpc) is 2.76. The Morgan fingerprint density at radius 1 is 0.857 bits per heavy atom. The van der Waals surface area contributed by atoms with Crippen LogP contribution in [0.1, 0.15) is 99.9 Å². The van der Waals surface area contributed by atoms with E-state index < -0.39 is 0 Å². The lowest BCUT2D eigenvalue weighted by Gasteiger charge is -2.29. The summed E-state index contributed by atoms with van der Waals surface area (Å²) in [6.45, 7) is 4.44. The van der Waals surface area contributed by atoms with Gasteiger partial charge in [-0.3, -0.25) is 0 Å². The van der Waals surface area contributed by atoms with Crippen molar-refractivity contribution in [2.24, 2.45) is 5.92 Å². The van der Waals surface area contributed by atoms with Crippen LogP contribution in [0.4, 0.5) is 0 Å². The number of aryl methyl sites for hydroxylation is 1.